The van der Waals surface area contributed by atoms with Crippen LogP contribution >= 0.6 is 0 Å². The Kier molecular flexibility index (Phi) is 6.13. The number of benzene rings is 8. The van der Waals surface area contributed by atoms with Crippen LogP contribution in [0, 0.1) is 0 Å². The van der Waals surface area contributed by atoms with Crippen molar-refractivity contribution < 1.29 is 4.42 Å². The first-order chi connectivity index (χ1) is 24.3. The number of nitrogens with zero attached hydrogens (tertiary/aromatic N) is 1. The lowest BCUT2D eigenvalue weighted by molar-refractivity contribution is 0.672. The van der Waals surface area contributed by atoms with Crippen LogP contribution in [0.2, 0.25) is 0 Å². The number of fused-ring (bicyclic) bond motifs is 8. The van der Waals surface area contributed by atoms with Crippen molar-refractivity contribution in [2.45, 2.75) is 5.41 Å². The molecule has 0 saturated carbocycles. The first-order valence-electron chi connectivity index (χ1n) is 16.9. The maximum absolute atomic E-state index is 6.51. The van der Waals surface area contributed by atoms with Gasteiger partial charge in [-0.25, -0.2) is 0 Å². The van der Waals surface area contributed by atoms with E-state index in [1.807, 2.05) is 6.07 Å². The van der Waals surface area contributed by atoms with Crippen LogP contribution in [0.25, 0.3) is 43.8 Å². The van der Waals surface area contributed by atoms with Gasteiger partial charge in [-0.3, -0.25) is 0 Å². The maximum Gasteiger partial charge on any atom is 0.143 e. The van der Waals surface area contributed by atoms with Crippen molar-refractivity contribution >= 4 is 49.8 Å². The molecule has 230 valence electrons. The summed E-state index contributed by atoms with van der Waals surface area (Å²) in [4.78, 5) is 2.37. The van der Waals surface area contributed by atoms with E-state index in [2.05, 4.69) is 187 Å². The van der Waals surface area contributed by atoms with E-state index in [9.17, 15) is 0 Å². The standard InChI is InChI=1S/C47H31NO/c1-3-14-33(15-4-1)47(43-23-10-7-20-38(43)39-21-8-11-24-44(39)47)34-16-13-19-36(30-34)48(35-17-5-2-6-18-35)37-28-26-32-27-29-41-40-22-9-12-25-45(40)49-46(41)42(32)31-37/h1-31H. The van der Waals surface area contributed by atoms with Gasteiger partial charge in [0.05, 0.1) is 5.41 Å². The summed E-state index contributed by atoms with van der Waals surface area (Å²) in [5.74, 6) is 0. The first-order valence-corrected chi connectivity index (χ1v) is 16.9. The van der Waals surface area contributed by atoms with Gasteiger partial charge in [0.15, 0.2) is 0 Å². The van der Waals surface area contributed by atoms with Crippen LogP contribution < -0.4 is 4.90 Å². The summed E-state index contributed by atoms with van der Waals surface area (Å²) in [6.07, 6.45) is 0. The molecule has 0 radical (unpaired) electrons. The van der Waals surface area contributed by atoms with Crippen molar-refractivity contribution in [3.05, 3.63) is 210 Å². The highest BCUT2D eigenvalue weighted by atomic mass is 16.3. The van der Waals surface area contributed by atoms with Crippen LogP contribution in [0.4, 0.5) is 17.1 Å². The van der Waals surface area contributed by atoms with Gasteiger partial charge in [0.25, 0.3) is 0 Å². The molecule has 0 fully saturated rings. The van der Waals surface area contributed by atoms with Crippen molar-refractivity contribution in [3.8, 4) is 11.1 Å². The van der Waals surface area contributed by atoms with E-state index in [-0.39, 0.29) is 0 Å². The van der Waals surface area contributed by atoms with Crippen molar-refractivity contribution in [1.29, 1.82) is 0 Å². The van der Waals surface area contributed by atoms with Crippen LogP contribution in [0.15, 0.2) is 192 Å². The Morgan fingerprint density at radius 3 is 1.76 bits per heavy atom. The molecule has 1 aliphatic rings. The molecule has 1 heterocycles. The molecule has 0 amide bonds. The molecule has 0 saturated heterocycles. The second-order valence-corrected chi connectivity index (χ2v) is 12.9. The van der Waals surface area contributed by atoms with E-state index >= 15 is 0 Å². The lowest BCUT2D eigenvalue weighted by Gasteiger charge is -2.35. The minimum absolute atomic E-state index is 0.476. The second-order valence-electron chi connectivity index (χ2n) is 12.9. The molecular weight excluding hydrogens is 595 g/mol. The summed E-state index contributed by atoms with van der Waals surface area (Å²) >= 11 is 0. The number of rotatable bonds is 5. The largest absolute Gasteiger partial charge is 0.455 e. The molecule has 0 bridgehead atoms. The molecule has 9 aromatic rings. The molecule has 1 aliphatic carbocycles. The monoisotopic (exact) mass is 625 g/mol. The molecule has 2 nitrogen and oxygen atoms in total. The van der Waals surface area contributed by atoms with Gasteiger partial charge in [0, 0.05) is 33.2 Å². The average Bonchev–Trinajstić information content (AvgIpc) is 3.71. The fraction of sp³-hybridized carbons (Fsp3) is 0.0213. The molecule has 0 atom stereocenters. The summed E-state index contributed by atoms with van der Waals surface area (Å²) in [5, 5.41) is 4.53. The minimum atomic E-state index is -0.476. The lowest BCUT2D eigenvalue weighted by atomic mass is 9.67. The Morgan fingerprint density at radius 2 is 0.980 bits per heavy atom. The molecule has 49 heavy (non-hydrogen) atoms. The molecule has 0 aliphatic heterocycles. The van der Waals surface area contributed by atoms with E-state index in [0.29, 0.717) is 0 Å². The number of furan rings is 1. The van der Waals surface area contributed by atoms with E-state index in [0.717, 1.165) is 49.8 Å². The third-order valence-corrected chi connectivity index (χ3v) is 10.3. The van der Waals surface area contributed by atoms with E-state index in [4.69, 9.17) is 4.42 Å². The van der Waals surface area contributed by atoms with Crippen LogP contribution in [0.1, 0.15) is 22.3 Å². The van der Waals surface area contributed by atoms with Crippen molar-refractivity contribution in [3.63, 3.8) is 0 Å². The Morgan fingerprint density at radius 1 is 0.388 bits per heavy atom. The van der Waals surface area contributed by atoms with Crippen LogP contribution in [-0.4, -0.2) is 0 Å². The van der Waals surface area contributed by atoms with E-state index in [1.54, 1.807) is 0 Å². The average molecular weight is 626 g/mol. The van der Waals surface area contributed by atoms with Crippen molar-refractivity contribution in [1.82, 2.24) is 0 Å². The normalized spacial score (nSPS) is 13.1. The first kappa shape index (κ1) is 27.7. The zero-order valence-electron chi connectivity index (χ0n) is 26.8. The molecule has 10 rings (SSSR count). The fourth-order valence-corrected chi connectivity index (χ4v) is 8.24. The van der Waals surface area contributed by atoms with Crippen molar-refractivity contribution in [2.75, 3.05) is 4.90 Å². The second kappa shape index (κ2) is 10.8. The number of anilines is 3. The summed E-state index contributed by atoms with van der Waals surface area (Å²) in [6.45, 7) is 0. The van der Waals surface area contributed by atoms with Gasteiger partial charge in [-0.1, -0.05) is 140 Å². The predicted molar refractivity (Wildman–Crippen MR) is 203 cm³/mol. The Labute approximate surface area is 285 Å². The zero-order valence-corrected chi connectivity index (χ0v) is 26.8. The summed E-state index contributed by atoms with van der Waals surface area (Å²) < 4.78 is 6.51. The Balaban J connectivity index is 1.23. The van der Waals surface area contributed by atoms with Gasteiger partial charge in [0.2, 0.25) is 0 Å². The number of hydrogen-bond donors (Lipinski definition) is 0. The van der Waals surface area contributed by atoms with Gasteiger partial charge in [-0.05, 0) is 87.3 Å². The third kappa shape index (κ3) is 4.07. The van der Waals surface area contributed by atoms with Gasteiger partial charge < -0.3 is 9.32 Å². The van der Waals surface area contributed by atoms with Gasteiger partial charge >= 0.3 is 0 Å². The molecule has 0 spiro atoms. The minimum Gasteiger partial charge on any atom is -0.455 e. The quantitative estimate of drug-likeness (QED) is 0.189. The van der Waals surface area contributed by atoms with Crippen LogP contribution in [-0.2, 0) is 5.41 Å². The molecular formula is C47H31NO. The van der Waals surface area contributed by atoms with Crippen LogP contribution in [0.3, 0.4) is 0 Å². The molecule has 8 aromatic carbocycles. The SMILES string of the molecule is c1ccc(N(c2cccc(C3(c4ccccc4)c4ccccc4-c4ccccc43)c2)c2ccc3ccc4c5ccccc5oc4c3c2)cc1. The molecule has 0 unspecified atom stereocenters. The van der Waals surface area contributed by atoms with Gasteiger partial charge in [-0.15, -0.1) is 0 Å². The van der Waals surface area contributed by atoms with Crippen molar-refractivity contribution in [2.24, 2.45) is 0 Å². The Hall–Kier alpha value is -6.38. The highest BCUT2D eigenvalue weighted by molar-refractivity contribution is 6.15. The highest BCUT2D eigenvalue weighted by Crippen LogP contribution is 2.56. The molecule has 1 aromatic heterocycles. The Bertz CT molecular complexity index is 2630. The zero-order chi connectivity index (χ0) is 32.4. The lowest BCUT2D eigenvalue weighted by Crippen LogP contribution is -2.28. The summed E-state index contributed by atoms with van der Waals surface area (Å²) in [7, 11) is 0. The van der Waals surface area contributed by atoms with Gasteiger partial charge in [0.1, 0.15) is 11.2 Å². The maximum atomic E-state index is 6.51. The topological polar surface area (TPSA) is 16.4 Å². The van der Waals surface area contributed by atoms with E-state index < -0.39 is 5.41 Å². The smallest absolute Gasteiger partial charge is 0.143 e. The summed E-state index contributed by atoms with van der Waals surface area (Å²) in [6, 6.07) is 68.0. The molecule has 0 N–H and O–H groups in total. The van der Waals surface area contributed by atoms with E-state index in [1.165, 1.54) is 33.4 Å². The number of para-hydroxylation sites is 2. The predicted octanol–water partition coefficient (Wildman–Crippen LogP) is 12.6. The summed E-state index contributed by atoms with van der Waals surface area (Å²) in [5.41, 5.74) is 12.3. The van der Waals surface area contributed by atoms with Gasteiger partial charge in [-0.2, -0.15) is 0 Å². The van der Waals surface area contributed by atoms with Crippen LogP contribution in [0.5, 0.6) is 0 Å². The number of hydrogen-bond acceptors (Lipinski definition) is 2. The molecule has 2 heteroatoms. The highest BCUT2D eigenvalue weighted by Gasteiger charge is 2.46. The fourth-order valence-electron chi connectivity index (χ4n) is 8.24. The third-order valence-electron chi connectivity index (χ3n) is 10.3.